The Hall–Kier alpha value is -3.68. The number of carbonyl (C=O) groups is 3. The first kappa shape index (κ1) is 21.5. The van der Waals surface area contributed by atoms with Crippen LogP contribution in [-0.4, -0.2) is 47.4 Å². The molecule has 0 radical (unpaired) electrons. The van der Waals surface area contributed by atoms with E-state index in [1.807, 2.05) is 6.20 Å². The summed E-state index contributed by atoms with van der Waals surface area (Å²) in [5.41, 5.74) is 2.74. The van der Waals surface area contributed by atoms with Crippen LogP contribution in [0.25, 0.3) is 10.9 Å². The van der Waals surface area contributed by atoms with E-state index in [9.17, 15) is 18.8 Å². The van der Waals surface area contributed by atoms with Gasteiger partial charge in [-0.15, -0.1) is 0 Å². The Morgan fingerprint density at radius 2 is 2.00 bits per heavy atom. The lowest BCUT2D eigenvalue weighted by molar-refractivity contribution is -0.128. The average molecular weight is 437 g/mol. The topological polar surface area (TPSA) is 91.5 Å². The first-order valence-electron chi connectivity index (χ1n) is 10.6. The number of likely N-dealkylation sites (tertiary alicyclic amines) is 1. The highest BCUT2D eigenvalue weighted by molar-refractivity contribution is 5.97. The third-order valence-corrected chi connectivity index (χ3v) is 5.63. The zero-order chi connectivity index (χ0) is 22.7. The number of H-pyrrole nitrogens is 1. The van der Waals surface area contributed by atoms with Gasteiger partial charge in [0.15, 0.2) is 0 Å². The number of fused-ring (bicyclic) bond motifs is 1. The number of ether oxygens (including phenoxy) is 1. The number of aromatic nitrogens is 1. The molecule has 166 valence electrons. The molecule has 3 aromatic rings. The molecule has 2 aromatic carbocycles. The summed E-state index contributed by atoms with van der Waals surface area (Å²) >= 11 is 0. The molecule has 0 unspecified atom stereocenters. The largest absolute Gasteiger partial charge is 0.462 e. The van der Waals surface area contributed by atoms with Gasteiger partial charge in [0, 0.05) is 42.3 Å². The van der Waals surface area contributed by atoms with Crippen molar-refractivity contribution in [3.8, 4) is 0 Å². The second-order valence-corrected chi connectivity index (χ2v) is 7.78. The molecule has 8 heteroatoms. The number of rotatable bonds is 7. The van der Waals surface area contributed by atoms with E-state index in [0.29, 0.717) is 37.4 Å². The van der Waals surface area contributed by atoms with Crippen LogP contribution in [-0.2, 0) is 20.7 Å². The van der Waals surface area contributed by atoms with E-state index in [-0.39, 0.29) is 24.1 Å². The molecule has 1 aromatic heterocycles. The number of hydrogen-bond acceptors (Lipinski definition) is 4. The van der Waals surface area contributed by atoms with Gasteiger partial charge in [0.2, 0.25) is 11.8 Å². The highest BCUT2D eigenvalue weighted by Crippen LogP contribution is 2.23. The minimum Gasteiger partial charge on any atom is -0.462 e. The number of nitrogens with zero attached hydrogens (tertiary/aromatic N) is 1. The predicted octanol–water partition coefficient (Wildman–Crippen LogP) is 3.51. The Labute approximate surface area is 184 Å². The molecule has 1 fully saturated rings. The van der Waals surface area contributed by atoms with Crippen molar-refractivity contribution in [3.63, 3.8) is 0 Å². The Bertz CT molecular complexity index is 1160. The second-order valence-electron chi connectivity index (χ2n) is 7.78. The van der Waals surface area contributed by atoms with Crippen molar-refractivity contribution in [2.24, 2.45) is 5.92 Å². The van der Waals surface area contributed by atoms with E-state index < -0.39 is 11.9 Å². The quantitative estimate of drug-likeness (QED) is 0.554. The van der Waals surface area contributed by atoms with Crippen LogP contribution in [0, 0.1) is 11.7 Å². The van der Waals surface area contributed by atoms with E-state index in [2.05, 4.69) is 10.3 Å². The van der Waals surface area contributed by atoms with Crippen LogP contribution >= 0.6 is 0 Å². The number of nitrogens with one attached hydrogen (secondary N) is 2. The Morgan fingerprint density at radius 3 is 2.75 bits per heavy atom. The monoisotopic (exact) mass is 437 g/mol. The van der Waals surface area contributed by atoms with Crippen molar-refractivity contribution in [2.75, 3.05) is 25.0 Å². The van der Waals surface area contributed by atoms with Crippen LogP contribution in [0.3, 0.4) is 0 Å². The van der Waals surface area contributed by atoms with Crippen molar-refractivity contribution < 1.29 is 23.5 Å². The molecule has 1 aliphatic rings. The van der Waals surface area contributed by atoms with E-state index in [4.69, 9.17) is 4.74 Å². The van der Waals surface area contributed by atoms with E-state index >= 15 is 0 Å². The van der Waals surface area contributed by atoms with Gasteiger partial charge < -0.3 is 19.9 Å². The molecule has 32 heavy (non-hydrogen) atoms. The van der Waals surface area contributed by atoms with Crippen molar-refractivity contribution in [2.45, 2.75) is 19.8 Å². The number of anilines is 1. The van der Waals surface area contributed by atoms with Gasteiger partial charge in [-0.2, -0.15) is 0 Å². The lowest BCUT2D eigenvalue weighted by Crippen LogP contribution is -2.30. The van der Waals surface area contributed by atoms with Gasteiger partial charge in [-0.25, -0.2) is 9.18 Å². The predicted molar refractivity (Wildman–Crippen MR) is 118 cm³/mol. The molecule has 4 rings (SSSR count). The van der Waals surface area contributed by atoms with E-state index in [1.165, 1.54) is 12.1 Å². The third kappa shape index (κ3) is 4.64. The highest BCUT2D eigenvalue weighted by atomic mass is 19.1. The van der Waals surface area contributed by atoms with Gasteiger partial charge in [0.25, 0.3) is 0 Å². The SMILES string of the molecule is CCOC(=O)c1ccc(NC(=O)[C@H]2CC(=O)N(CCc3c[nH]c4ccc(F)cc34)C2)cc1. The Morgan fingerprint density at radius 1 is 1.22 bits per heavy atom. The van der Waals surface area contributed by atoms with Gasteiger partial charge in [-0.05, 0) is 61.4 Å². The fourth-order valence-corrected chi connectivity index (χ4v) is 3.93. The van der Waals surface area contributed by atoms with E-state index in [1.54, 1.807) is 42.2 Å². The maximum atomic E-state index is 13.6. The zero-order valence-electron chi connectivity index (χ0n) is 17.7. The fraction of sp³-hybridized carbons (Fsp3) is 0.292. The summed E-state index contributed by atoms with van der Waals surface area (Å²) in [5, 5.41) is 3.61. The van der Waals surface area contributed by atoms with Crippen molar-refractivity contribution >= 4 is 34.4 Å². The minimum atomic E-state index is -0.451. The summed E-state index contributed by atoms with van der Waals surface area (Å²) in [6.07, 6.45) is 2.54. The smallest absolute Gasteiger partial charge is 0.338 e. The summed E-state index contributed by atoms with van der Waals surface area (Å²) in [5.74, 6) is -1.48. The summed E-state index contributed by atoms with van der Waals surface area (Å²) in [6, 6.07) is 11.0. The number of halogens is 1. The molecule has 1 saturated heterocycles. The number of esters is 1. The van der Waals surface area contributed by atoms with Crippen LogP contribution in [0.15, 0.2) is 48.7 Å². The first-order valence-corrected chi connectivity index (χ1v) is 10.6. The number of amides is 2. The average Bonchev–Trinajstić information content (AvgIpc) is 3.35. The van der Waals surface area contributed by atoms with Crippen molar-refractivity contribution in [3.05, 3.63) is 65.6 Å². The molecule has 2 N–H and O–H groups in total. The molecule has 0 spiro atoms. The molecule has 0 bridgehead atoms. The Balaban J connectivity index is 1.33. The molecule has 7 nitrogen and oxygen atoms in total. The maximum Gasteiger partial charge on any atom is 0.338 e. The standard InChI is InChI=1S/C24H24FN3O4/c1-2-32-24(31)15-3-6-19(7-4-15)27-23(30)17-11-22(29)28(14-17)10-9-16-13-26-21-8-5-18(25)12-20(16)21/h3-8,12-13,17,26H,2,9-11,14H2,1H3,(H,27,30)/t17-/m0/s1. The number of aromatic amines is 1. The van der Waals surface area contributed by atoms with Gasteiger partial charge in [0.1, 0.15) is 5.82 Å². The summed E-state index contributed by atoms with van der Waals surface area (Å²) in [6.45, 7) is 2.82. The maximum absolute atomic E-state index is 13.6. The summed E-state index contributed by atoms with van der Waals surface area (Å²) in [7, 11) is 0. The van der Waals surface area contributed by atoms with Gasteiger partial charge >= 0.3 is 5.97 Å². The molecule has 0 aliphatic carbocycles. The van der Waals surface area contributed by atoms with Crippen molar-refractivity contribution in [1.82, 2.24) is 9.88 Å². The normalized spacial score (nSPS) is 15.9. The fourth-order valence-electron chi connectivity index (χ4n) is 3.93. The molecule has 0 saturated carbocycles. The first-order chi connectivity index (χ1) is 15.4. The molecule has 1 atom stereocenters. The van der Waals surface area contributed by atoms with Gasteiger partial charge in [0.05, 0.1) is 18.1 Å². The molecule has 2 heterocycles. The van der Waals surface area contributed by atoms with Crippen LogP contribution < -0.4 is 5.32 Å². The number of hydrogen-bond donors (Lipinski definition) is 2. The van der Waals surface area contributed by atoms with E-state index in [0.717, 1.165) is 16.5 Å². The molecule has 2 amide bonds. The van der Waals surface area contributed by atoms with Crippen molar-refractivity contribution in [1.29, 1.82) is 0 Å². The van der Waals surface area contributed by atoms with Crippen LogP contribution in [0.5, 0.6) is 0 Å². The minimum absolute atomic E-state index is 0.0752. The number of carbonyl (C=O) groups excluding carboxylic acids is 3. The Kier molecular flexibility index (Phi) is 6.20. The van der Waals surface area contributed by atoms with Crippen LogP contribution in [0.1, 0.15) is 29.3 Å². The van der Waals surface area contributed by atoms with Gasteiger partial charge in [-0.1, -0.05) is 0 Å². The lowest BCUT2D eigenvalue weighted by atomic mass is 10.1. The van der Waals surface area contributed by atoms with Gasteiger partial charge in [-0.3, -0.25) is 9.59 Å². The third-order valence-electron chi connectivity index (χ3n) is 5.63. The zero-order valence-corrected chi connectivity index (χ0v) is 17.7. The molecule has 1 aliphatic heterocycles. The molecular weight excluding hydrogens is 413 g/mol. The molecular formula is C24H24FN3O4. The van der Waals surface area contributed by atoms with Crippen LogP contribution in [0.4, 0.5) is 10.1 Å². The lowest BCUT2D eigenvalue weighted by Gasteiger charge is -2.16. The number of benzene rings is 2. The highest BCUT2D eigenvalue weighted by Gasteiger charge is 2.34. The second kappa shape index (κ2) is 9.21. The van der Waals surface area contributed by atoms with Crippen LogP contribution in [0.2, 0.25) is 0 Å². The summed E-state index contributed by atoms with van der Waals surface area (Å²) in [4.78, 5) is 41.6. The summed E-state index contributed by atoms with van der Waals surface area (Å²) < 4.78 is 18.5.